The molecule has 0 aliphatic carbocycles. The first-order valence-corrected chi connectivity index (χ1v) is 10.0. The predicted octanol–water partition coefficient (Wildman–Crippen LogP) is 3.68. The van der Waals surface area contributed by atoms with Gasteiger partial charge in [0.2, 0.25) is 0 Å². The lowest BCUT2D eigenvalue weighted by Gasteiger charge is -2.08. The van der Waals surface area contributed by atoms with E-state index in [0.29, 0.717) is 25.5 Å². The van der Waals surface area contributed by atoms with Gasteiger partial charge in [-0.3, -0.25) is 18.9 Å². The number of likely N-dealkylation sites (N-methyl/N-ethyl adjacent to an activating group) is 1. The molecule has 0 radical (unpaired) electrons. The highest BCUT2D eigenvalue weighted by Gasteiger charge is 2.29. The number of aromatic nitrogens is 2. The van der Waals surface area contributed by atoms with Gasteiger partial charge in [0.1, 0.15) is 15.0 Å². The van der Waals surface area contributed by atoms with Crippen molar-refractivity contribution in [2.24, 2.45) is 0 Å². The number of rotatable bonds is 3. The summed E-state index contributed by atoms with van der Waals surface area (Å²) < 4.78 is 1.95. The zero-order valence-corrected chi connectivity index (χ0v) is 16.6. The number of nitrogens with zero attached hydrogens (tertiary/aromatic N) is 3. The van der Waals surface area contributed by atoms with Crippen LogP contribution in [0.4, 0.5) is 0 Å². The molecule has 1 aliphatic heterocycles. The fourth-order valence-corrected chi connectivity index (χ4v) is 4.63. The normalized spacial score (nSPS) is 15.9. The Hall–Kier alpha value is -2.42. The molecule has 1 aliphatic rings. The Morgan fingerprint density at radius 1 is 1.11 bits per heavy atom. The standard InChI is InChI=1S/C19H13N3O2S3/c1-21-18(24)14(27-19(21)25)11-13-16(26-12-7-3-2-4-8-12)20-15-9-5-6-10-22(15)17(13)23/h2-11H,1H3. The van der Waals surface area contributed by atoms with E-state index in [1.165, 1.54) is 32.8 Å². The van der Waals surface area contributed by atoms with E-state index in [-0.39, 0.29) is 11.5 Å². The maximum atomic E-state index is 13.1. The number of amides is 1. The number of fused-ring (bicyclic) bond motifs is 1. The first-order chi connectivity index (χ1) is 13.0. The topological polar surface area (TPSA) is 54.7 Å². The van der Waals surface area contributed by atoms with Crippen molar-refractivity contribution in [3.05, 3.63) is 75.6 Å². The summed E-state index contributed by atoms with van der Waals surface area (Å²) in [6.07, 6.45) is 3.27. The number of thioether (sulfide) groups is 1. The summed E-state index contributed by atoms with van der Waals surface area (Å²) in [4.78, 5) is 32.9. The van der Waals surface area contributed by atoms with Gasteiger partial charge in [-0.1, -0.05) is 60.0 Å². The van der Waals surface area contributed by atoms with E-state index in [4.69, 9.17) is 12.2 Å². The molecule has 0 spiro atoms. The Bertz CT molecular complexity index is 1160. The third kappa shape index (κ3) is 3.43. The van der Waals surface area contributed by atoms with Crippen molar-refractivity contribution < 1.29 is 4.79 Å². The fraction of sp³-hybridized carbons (Fsp3) is 0.0526. The van der Waals surface area contributed by atoms with Gasteiger partial charge in [-0.15, -0.1) is 0 Å². The summed E-state index contributed by atoms with van der Waals surface area (Å²) in [6.45, 7) is 0. The summed E-state index contributed by atoms with van der Waals surface area (Å²) in [6, 6.07) is 15.1. The minimum Gasteiger partial charge on any atom is -0.296 e. The van der Waals surface area contributed by atoms with Crippen molar-refractivity contribution >= 4 is 57.7 Å². The second-order valence-corrected chi connectivity index (χ2v) is 8.46. The van der Waals surface area contributed by atoms with E-state index in [9.17, 15) is 9.59 Å². The van der Waals surface area contributed by atoms with E-state index in [0.717, 1.165) is 4.90 Å². The second kappa shape index (κ2) is 7.30. The van der Waals surface area contributed by atoms with Crippen LogP contribution < -0.4 is 5.56 Å². The van der Waals surface area contributed by atoms with Crippen LogP contribution in [0.25, 0.3) is 11.7 Å². The molecule has 4 rings (SSSR count). The molecule has 0 unspecified atom stereocenters. The Labute approximate surface area is 169 Å². The predicted molar refractivity (Wildman–Crippen MR) is 113 cm³/mol. The number of carbonyl (C=O) groups is 1. The van der Waals surface area contributed by atoms with Gasteiger partial charge >= 0.3 is 0 Å². The summed E-state index contributed by atoms with van der Waals surface area (Å²) >= 11 is 7.77. The quantitative estimate of drug-likeness (QED) is 0.372. The molecule has 0 bridgehead atoms. The largest absolute Gasteiger partial charge is 0.296 e. The van der Waals surface area contributed by atoms with E-state index >= 15 is 0 Å². The highest BCUT2D eigenvalue weighted by Crippen LogP contribution is 2.34. The fourth-order valence-electron chi connectivity index (χ4n) is 2.56. The smallest absolute Gasteiger partial charge is 0.266 e. The van der Waals surface area contributed by atoms with Crippen LogP contribution in [0.3, 0.4) is 0 Å². The number of benzene rings is 1. The van der Waals surface area contributed by atoms with Gasteiger partial charge in [0.15, 0.2) is 0 Å². The van der Waals surface area contributed by atoms with Crippen LogP contribution in [0.5, 0.6) is 0 Å². The van der Waals surface area contributed by atoms with Crippen LogP contribution in [0.2, 0.25) is 0 Å². The van der Waals surface area contributed by atoms with Crippen molar-refractivity contribution in [1.82, 2.24) is 14.3 Å². The number of hydrogen-bond acceptors (Lipinski definition) is 6. The third-order valence-electron chi connectivity index (χ3n) is 3.95. The molecule has 0 N–H and O–H groups in total. The van der Waals surface area contributed by atoms with Crippen molar-refractivity contribution in [2.45, 2.75) is 9.92 Å². The first kappa shape index (κ1) is 18.0. The molecule has 0 atom stereocenters. The SMILES string of the molecule is CN1C(=O)C(=Cc2c(Sc3ccccc3)nc3ccccn3c2=O)SC1=S. The lowest BCUT2D eigenvalue weighted by molar-refractivity contribution is -0.121. The van der Waals surface area contributed by atoms with Crippen molar-refractivity contribution in [1.29, 1.82) is 0 Å². The molecule has 1 aromatic carbocycles. The summed E-state index contributed by atoms with van der Waals surface area (Å²) in [5.41, 5.74) is 0.711. The molecule has 1 amide bonds. The molecule has 0 saturated carbocycles. The van der Waals surface area contributed by atoms with E-state index in [2.05, 4.69) is 4.98 Å². The van der Waals surface area contributed by atoms with E-state index in [1.807, 2.05) is 36.4 Å². The minimum absolute atomic E-state index is 0.210. The molecule has 3 heterocycles. The van der Waals surface area contributed by atoms with Gasteiger partial charge in [-0.25, -0.2) is 4.98 Å². The highest BCUT2D eigenvalue weighted by molar-refractivity contribution is 8.26. The van der Waals surface area contributed by atoms with Crippen molar-refractivity contribution in [3.63, 3.8) is 0 Å². The minimum atomic E-state index is -0.222. The average Bonchev–Trinajstić information content (AvgIpc) is 2.92. The van der Waals surface area contributed by atoms with Crippen LogP contribution in [0.15, 0.2) is 74.3 Å². The molecule has 8 heteroatoms. The Morgan fingerprint density at radius 2 is 1.85 bits per heavy atom. The van der Waals surface area contributed by atoms with E-state index in [1.54, 1.807) is 31.5 Å². The average molecular weight is 412 g/mol. The molecule has 2 aromatic heterocycles. The zero-order valence-electron chi connectivity index (χ0n) is 14.2. The van der Waals surface area contributed by atoms with Crippen LogP contribution in [-0.4, -0.2) is 31.6 Å². The molecule has 134 valence electrons. The Morgan fingerprint density at radius 3 is 2.56 bits per heavy atom. The van der Waals surface area contributed by atoms with Crippen LogP contribution >= 0.6 is 35.7 Å². The van der Waals surface area contributed by atoms with Gasteiger partial charge in [0.05, 0.1) is 10.5 Å². The summed E-state index contributed by atoms with van der Waals surface area (Å²) in [5.74, 6) is -0.210. The molecule has 5 nitrogen and oxygen atoms in total. The van der Waals surface area contributed by atoms with Crippen LogP contribution in [0.1, 0.15) is 5.56 Å². The molecular formula is C19H13N3O2S3. The van der Waals surface area contributed by atoms with E-state index < -0.39 is 0 Å². The maximum Gasteiger partial charge on any atom is 0.266 e. The van der Waals surface area contributed by atoms with Crippen molar-refractivity contribution in [2.75, 3.05) is 7.05 Å². The zero-order chi connectivity index (χ0) is 19.0. The second-order valence-electron chi connectivity index (χ2n) is 5.72. The molecule has 3 aromatic rings. The summed E-state index contributed by atoms with van der Waals surface area (Å²) in [7, 11) is 1.63. The first-order valence-electron chi connectivity index (χ1n) is 8.00. The van der Waals surface area contributed by atoms with Gasteiger partial charge in [0.25, 0.3) is 11.5 Å². The van der Waals surface area contributed by atoms with Crippen LogP contribution in [0, 0.1) is 0 Å². The number of pyridine rings is 1. The lowest BCUT2D eigenvalue weighted by atomic mass is 10.2. The molecular weight excluding hydrogens is 398 g/mol. The highest BCUT2D eigenvalue weighted by atomic mass is 32.2. The van der Waals surface area contributed by atoms with Gasteiger partial charge in [-0.2, -0.15) is 0 Å². The van der Waals surface area contributed by atoms with Crippen molar-refractivity contribution in [3.8, 4) is 0 Å². The van der Waals surface area contributed by atoms with Gasteiger partial charge < -0.3 is 0 Å². The number of hydrogen-bond donors (Lipinski definition) is 0. The summed E-state index contributed by atoms with van der Waals surface area (Å²) in [5, 5.41) is 0.554. The molecule has 27 heavy (non-hydrogen) atoms. The molecule has 1 fully saturated rings. The maximum absolute atomic E-state index is 13.1. The van der Waals surface area contributed by atoms with Gasteiger partial charge in [0, 0.05) is 18.1 Å². The van der Waals surface area contributed by atoms with Crippen LogP contribution in [-0.2, 0) is 4.79 Å². The monoisotopic (exact) mass is 411 g/mol. The number of thiocarbonyl (C=S) groups is 1. The Kier molecular flexibility index (Phi) is 4.86. The number of carbonyl (C=O) groups excluding carboxylic acids is 1. The third-order valence-corrected chi connectivity index (χ3v) is 6.45. The Balaban J connectivity index is 1.91. The molecule has 1 saturated heterocycles. The lowest BCUT2D eigenvalue weighted by Crippen LogP contribution is -2.23. The van der Waals surface area contributed by atoms with Gasteiger partial charge in [-0.05, 0) is 30.3 Å².